The van der Waals surface area contributed by atoms with Crippen LogP contribution in [-0.2, 0) is 9.59 Å². The second-order valence-corrected chi connectivity index (χ2v) is 5.63. The molecule has 1 saturated heterocycles. The lowest BCUT2D eigenvalue weighted by atomic mass is 10.2. The third kappa shape index (κ3) is 2.51. The van der Waals surface area contributed by atoms with Crippen LogP contribution in [0.4, 0.5) is 0 Å². The van der Waals surface area contributed by atoms with Crippen LogP contribution < -0.4 is 5.32 Å². The number of hydrogen-bond acceptors (Lipinski definition) is 3. The van der Waals surface area contributed by atoms with E-state index in [9.17, 15) is 9.59 Å². The summed E-state index contributed by atoms with van der Waals surface area (Å²) in [7, 11) is 0. The minimum atomic E-state index is -0.234. The highest BCUT2D eigenvalue weighted by atomic mass is 16.2. The van der Waals surface area contributed by atoms with E-state index in [-0.39, 0.29) is 23.9 Å². The Morgan fingerprint density at radius 3 is 2.59 bits per heavy atom. The second-order valence-electron chi connectivity index (χ2n) is 5.63. The average Bonchev–Trinajstić information content (AvgIpc) is 3.16. The van der Waals surface area contributed by atoms with Crippen molar-refractivity contribution in [2.45, 2.75) is 57.0 Å². The topological polar surface area (TPSA) is 49.4 Å². The van der Waals surface area contributed by atoms with Crippen molar-refractivity contribution in [2.24, 2.45) is 5.92 Å². The molecule has 1 unspecified atom stereocenters. The van der Waals surface area contributed by atoms with Gasteiger partial charge >= 0.3 is 0 Å². The molecule has 0 spiro atoms. The minimum Gasteiger partial charge on any atom is -0.305 e. The molecule has 3 aliphatic rings. The van der Waals surface area contributed by atoms with Crippen LogP contribution in [0.3, 0.4) is 0 Å². The summed E-state index contributed by atoms with van der Waals surface area (Å²) in [5.74, 6) is 0.988. The average molecular weight is 236 g/mol. The van der Waals surface area contributed by atoms with Gasteiger partial charge in [-0.1, -0.05) is 12.8 Å². The largest absolute Gasteiger partial charge is 0.305 e. The number of nitrogens with one attached hydrogen (secondary N) is 1. The molecule has 0 aromatic heterocycles. The molecule has 4 heteroatoms. The summed E-state index contributed by atoms with van der Waals surface area (Å²) < 4.78 is 0. The van der Waals surface area contributed by atoms with Crippen LogP contribution >= 0.6 is 0 Å². The molecule has 0 aromatic carbocycles. The molecule has 4 nitrogen and oxygen atoms in total. The van der Waals surface area contributed by atoms with E-state index >= 15 is 0 Å². The Bertz CT molecular complexity index is 334. The van der Waals surface area contributed by atoms with Gasteiger partial charge < -0.3 is 5.32 Å². The molecule has 0 aromatic rings. The first-order valence-electron chi connectivity index (χ1n) is 6.85. The Balaban J connectivity index is 1.43. The van der Waals surface area contributed by atoms with Crippen molar-refractivity contribution in [3.63, 3.8) is 0 Å². The fraction of sp³-hybridized carbons (Fsp3) is 0.846. The third-order valence-electron chi connectivity index (χ3n) is 3.97. The summed E-state index contributed by atoms with van der Waals surface area (Å²) in [5, 5.41) is 3.25. The molecule has 2 aliphatic carbocycles. The Morgan fingerprint density at radius 2 is 1.94 bits per heavy atom. The normalized spacial score (nSPS) is 29.2. The molecule has 2 amide bonds. The van der Waals surface area contributed by atoms with Gasteiger partial charge in [0.25, 0.3) is 0 Å². The molecule has 3 fully saturated rings. The molecular formula is C13H20N2O2. The number of carbonyl (C=O) groups is 2. The lowest BCUT2D eigenvalue weighted by Crippen LogP contribution is -2.40. The lowest BCUT2D eigenvalue weighted by molar-refractivity contribution is -0.139. The van der Waals surface area contributed by atoms with Crippen LogP contribution in [0, 0.1) is 5.92 Å². The number of nitrogens with zero attached hydrogens (tertiary/aromatic N) is 1. The molecule has 1 aliphatic heterocycles. The molecule has 2 saturated carbocycles. The Labute approximate surface area is 102 Å². The third-order valence-corrected chi connectivity index (χ3v) is 3.97. The van der Waals surface area contributed by atoms with Gasteiger partial charge in [-0.3, -0.25) is 14.5 Å². The predicted molar refractivity (Wildman–Crippen MR) is 63.2 cm³/mol. The zero-order chi connectivity index (χ0) is 11.8. The summed E-state index contributed by atoms with van der Waals surface area (Å²) in [4.78, 5) is 25.2. The molecule has 1 N–H and O–H groups in total. The summed E-state index contributed by atoms with van der Waals surface area (Å²) >= 11 is 0. The fourth-order valence-electron chi connectivity index (χ4n) is 2.60. The lowest BCUT2D eigenvalue weighted by Gasteiger charge is -2.14. The van der Waals surface area contributed by atoms with Gasteiger partial charge in [-0.25, -0.2) is 0 Å². The van der Waals surface area contributed by atoms with Crippen LogP contribution in [0.25, 0.3) is 0 Å². The van der Waals surface area contributed by atoms with E-state index in [0.29, 0.717) is 6.42 Å². The number of carbonyl (C=O) groups excluding carboxylic acids is 2. The number of likely N-dealkylation sites (tertiary alicyclic amines) is 1. The Hall–Kier alpha value is -0.900. The quantitative estimate of drug-likeness (QED) is 0.554. The maximum absolute atomic E-state index is 12.0. The van der Waals surface area contributed by atoms with E-state index in [2.05, 4.69) is 5.32 Å². The zero-order valence-corrected chi connectivity index (χ0v) is 10.2. The smallest absolute Gasteiger partial charge is 0.247 e. The molecule has 0 bridgehead atoms. The first kappa shape index (κ1) is 11.2. The summed E-state index contributed by atoms with van der Waals surface area (Å²) in [6, 6.07) is -0.00410. The molecule has 0 radical (unpaired) electrons. The molecule has 1 heterocycles. The summed E-state index contributed by atoms with van der Waals surface area (Å²) in [5.41, 5.74) is 0. The summed E-state index contributed by atoms with van der Waals surface area (Å²) in [6.45, 7) is 0.874. The summed E-state index contributed by atoms with van der Waals surface area (Å²) in [6.07, 6.45) is 7.56. The first-order chi connectivity index (χ1) is 8.25. The maximum Gasteiger partial charge on any atom is 0.247 e. The standard InChI is InChI=1S/C13H20N2O2/c16-12-8-11(13(17)15(12)10-5-6-10)14-7-1-2-9-3-4-9/h9-11,14H,1-8H2. The van der Waals surface area contributed by atoms with Crippen molar-refractivity contribution in [1.82, 2.24) is 10.2 Å². The van der Waals surface area contributed by atoms with Crippen LogP contribution in [-0.4, -0.2) is 35.3 Å². The van der Waals surface area contributed by atoms with E-state index in [1.807, 2.05) is 0 Å². The molecule has 17 heavy (non-hydrogen) atoms. The Kier molecular flexibility index (Phi) is 2.90. The molecule has 94 valence electrons. The van der Waals surface area contributed by atoms with Crippen LogP contribution in [0.1, 0.15) is 44.9 Å². The SMILES string of the molecule is O=C1CC(NCCCC2CC2)C(=O)N1C1CC1. The van der Waals surface area contributed by atoms with Crippen LogP contribution in [0.15, 0.2) is 0 Å². The van der Waals surface area contributed by atoms with Crippen LogP contribution in [0.5, 0.6) is 0 Å². The van der Waals surface area contributed by atoms with E-state index < -0.39 is 0 Å². The van der Waals surface area contributed by atoms with Gasteiger partial charge in [-0.05, 0) is 38.1 Å². The van der Waals surface area contributed by atoms with Crippen molar-refractivity contribution in [3.8, 4) is 0 Å². The molecule has 3 rings (SSSR count). The van der Waals surface area contributed by atoms with Gasteiger partial charge in [0.2, 0.25) is 11.8 Å². The fourth-order valence-corrected chi connectivity index (χ4v) is 2.60. The molecular weight excluding hydrogens is 216 g/mol. The number of amides is 2. The van der Waals surface area contributed by atoms with E-state index in [4.69, 9.17) is 0 Å². The van der Waals surface area contributed by atoms with Gasteiger partial charge in [0.1, 0.15) is 0 Å². The number of hydrogen-bond donors (Lipinski definition) is 1. The van der Waals surface area contributed by atoms with Crippen molar-refractivity contribution >= 4 is 11.8 Å². The predicted octanol–water partition coefficient (Wildman–Crippen LogP) is 1.06. The zero-order valence-electron chi connectivity index (χ0n) is 10.2. The van der Waals surface area contributed by atoms with E-state index in [1.54, 1.807) is 0 Å². The highest BCUT2D eigenvalue weighted by Crippen LogP contribution is 2.33. The monoisotopic (exact) mass is 236 g/mol. The number of imide groups is 1. The van der Waals surface area contributed by atoms with Gasteiger partial charge in [-0.2, -0.15) is 0 Å². The van der Waals surface area contributed by atoms with Crippen molar-refractivity contribution in [2.75, 3.05) is 6.54 Å². The molecule has 1 atom stereocenters. The van der Waals surface area contributed by atoms with Gasteiger partial charge in [-0.15, -0.1) is 0 Å². The maximum atomic E-state index is 12.0. The minimum absolute atomic E-state index is 0.0175. The highest BCUT2D eigenvalue weighted by molar-refractivity contribution is 6.06. The second kappa shape index (κ2) is 4.41. The van der Waals surface area contributed by atoms with Crippen molar-refractivity contribution in [3.05, 3.63) is 0 Å². The van der Waals surface area contributed by atoms with Crippen molar-refractivity contribution in [1.29, 1.82) is 0 Å². The van der Waals surface area contributed by atoms with E-state index in [1.165, 1.54) is 24.2 Å². The van der Waals surface area contributed by atoms with E-state index in [0.717, 1.165) is 31.7 Å². The Morgan fingerprint density at radius 1 is 1.18 bits per heavy atom. The van der Waals surface area contributed by atoms with Gasteiger partial charge in [0, 0.05) is 6.04 Å². The van der Waals surface area contributed by atoms with Crippen LogP contribution in [0.2, 0.25) is 0 Å². The first-order valence-corrected chi connectivity index (χ1v) is 6.85. The van der Waals surface area contributed by atoms with Gasteiger partial charge in [0.05, 0.1) is 12.5 Å². The van der Waals surface area contributed by atoms with Gasteiger partial charge in [0.15, 0.2) is 0 Å². The number of rotatable bonds is 6. The van der Waals surface area contributed by atoms with Crippen molar-refractivity contribution < 1.29 is 9.59 Å². The highest BCUT2D eigenvalue weighted by Gasteiger charge is 2.45.